The van der Waals surface area contributed by atoms with E-state index in [1.807, 2.05) is 13.0 Å². The molecule has 32 heavy (non-hydrogen) atoms. The third-order valence-corrected chi connectivity index (χ3v) is 6.70. The van der Waals surface area contributed by atoms with E-state index in [9.17, 15) is 9.59 Å². The van der Waals surface area contributed by atoms with Gasteiger partial charge < -0.3 is 21.1 Å². The van der Waals surface area contributed by atoms with Gasteiger partial charge in [0.15, 0.2) is 0 Å². The molecule has 0 radical (unpaired) electrons. The van der Waals surface area contributed by atoms with E-state index in [-0.39, 0.29) is 24.5 Å². The zero-order valence-corrected chi connectivity index (χ0v) is 20.5. The molecule has 0 bridgehead atoms. The lowest BCUT2D eigenvalue weighted by Crippen LogP contribution is -2.38. The van der Waals surface area contributed by atoms with E-state index in [0.29, 0.717) is 6.54 Å². The van der Waals surface area contributed by atoms with Crippen molar-refractivity contribution in [3.8, 4) is 0 Å². The van der Waals surface area contributed by atoms with Crippen molar-refractivity contribution in [1.29, 1.82) is 0 Å². The van der Waals surface area contributed by atoms with Crippen LogP contribution in [0.4, 0.5) is 5.69 Å². The number of carbonyl (C=O) groups is 2. The Balaban J connectivity index is 0.000000275. The highest BCUT2D eigenvalue weighted by atomic mass is 35.5. The highest BCUT2D eigenvalue weighted by molar-refractivity contribution is 7.14. The van der Waals surface area contributed by atoms with Crippen LogP contribution in [0, 0.1) is 6.92 Å². The second kappa shape index (κ2) is 10.1. The van der Waals surface area contributed by atoms with Crippen LogP contribution in [-0.2, 0) is 27.2 Å². The summed E-state index contributed by atoms with van der Waals surface area (Å²) in [6, 6.07) is 8.59. The topological polar surface area (TPSA) is 93.4 Å². The monoisotopic (exact) mass is 475 g/mol. The molecule has 2 aromatic rings. The minimum atomic E-state index is -0.406. The number of halogens is 1. The molecule has 0 spiro atoms. The van der Waals surface area contributed by atoms with Gasteiger partial charge in [-0.2, -0.15) is 0 Å². The van der Waals surface area contributed by atoms with Crippen LogP contribution in [0.3, 0.4) is 0 Å². The van der Waals surface area contributed by atoms with Gasteiger partial charge in [-0.1, -0.05) is 35.9 Å². The zero-order valence-electron chi connectivity index (χ0n) is 18.9. The third-order valence-electron chi connectivity index (χ3n) is 5.06. The first-order valence-corrected chi connectivity index (χ1v) is 11.8. The molecule has 2 heterocycles. The van der Waals surface area contributed by atoms with Gasteiger partial charge in [0.2, 0.25) is 5.91 Å². The summed E-state index contributed by atoms with van der Waals surface area (Å²) in [5.41, 5.74) is 9.01. The number of rotatable bonds is 3. The second-order valence-corrected chi connectivity index (χ2v) is 10.5. The number of nitrogens with two attached hydrogens (primary N) is 1. The Bertz CT molecular complexity index is 1010. The minimum Gasteiger partial charge on any atom is -0.459 e. The summed E-state index contributed by atoms with van der Waals surface area (Å²) in [4.78, 5) is 25.2. The Morgan fingerprint density at radius 3 is 2.41 bits per heavy atom. The first-order chi connectivity index (χ1) is 15.1. The highest BCUT2D eigenvalue weighted by Crippen LogP contribution is 2.40. The number of fused-ring (bicyclic) bond motifs is 2. The Hall–Kier alpha value is -2.35. The summed E-state index contributed by atoms with van der Waals surface area (Å²) in [5.74, 6) is -0.342. The van der Waals surface area contributed by atoms with E-state index in [0.717, 1.165) is 38.9 Å². The van der Waals surface area contributed by atoms with Gasteiger partial charge in [0.1, 0.15) is 5.60 Å². The SMILES string of the molecule is CC(C)(C)OC(=O)CN.Cc1sc2c(c1Cl)NCC(C(=O)NC1Cc3ccccc3C1)=C2. The van der Waals surface area contributed by atoms with Gasteiger partial charge >= 0.3 is 5.97 Å². The smallest absolute Gasteiger partial charge is 0.320 e. The maximum absolute atomic E-state index is 12.6. The fraction of sp³-hybridized carbons (Fsp3) is 0.417. The molecule has 0 fully saturated rings. The van der Waals surface area contributed by atoms with E-state index in [4.69, 9.17) is 22.1 Å². The molecule has 0 unspecified atom stereocenters. The fourth-order valence-electron chi connectivity index (χ4n) is 3.67. The predicted octanol–water partition coefficient (Wildman–Crippen LogP) is 4.09. The number of thiophene rings is 1. The van der Waals surface area contributed by atoms with E-state index in [2.05, 4.69) is 34.9 Å². The molecular weight excluding hydrogens is 446 g/mol. The number of esters is 1. The minimum absolute atomic E-state index is 0.0168. The second-order valence-electron chi connectivity index (χ2n) is 8.87. The lowest BCUT2D eigenvalue weighted by molar-refractivity contribution is -0.152. The molecule has 0 atom stereocenters. The Kier molecular flexibility index (Phi) is 7.64. The van der Waals surface area contributed by atoms with Crippen molar-refractivity contribution in [2.75, 3.05) is 18.4 Å². The molecule has 172 valence electrons. The number of aryl methyl sites for hydroxylation is 1. The average molecular weight is 476 g/mol. The molecule has 1 aliphatic carbocycles. The van der Waals surface area contributed by atoms with E-state index in [1.54, 1.807) is 32.1 Å². The number of carbonyl (C=O) groups excluding carboxylic acids is 2. The van der Waals surface area contributed by atoms with Crippen molar-refractivity contribution in [3.05, 3.63) is 55.7 Å². The van der Waals surface area contributed by atoms with Crippen LogP contribution in [-0.4, -0.2) is 36.6 Å². The number of anilines is 1. The number of nitrogens with one attached hydrogen (secondary N) is 2. The maximum atomic E-state index is 12.6. The lowest BCUT2D eigenvalue weighted by Gasteiger charge is -2.18. The Morgan fingerprint density at radius 2 is 1.88 bits per heavy atom. The molecule has 4 N–H and O–H groups in total. The van der Waals surface area contributed by atoms with Crippen LogP contribution < -0.4 is 16.4 Å². The largest absolute Gasteiger partial charge is 0.459 e. The van der Waals surface area contributed by atoms with Crippen LogP contribution in [0.1, 0.15) is 41.7 Å². The van der Waals surface area contributed by atoms with Gasteiger partial charge in [0.25, 0.3) is 0 Å². The molecule has 6 nitrogen and oxygen atoms in total. The van der Waals surface area contributed by atoms with Crippen LogP contribution in [0.2, 0.25) is 5.02 Å². The summed E-state index contributed by atoms with van der Waals surface area (Å²) < 4.78 is 4.82. The average Bonchev–Trinajstić information content (AvgIpc) is 3.26. The fourth-order valence-corrected chi connectivity index (χ4v) is 5.01. The molecule has 1 aromatic carbocycles. The van der Waals surface area contributed by atoms with Crippen molar-refractivity contribution >= 4 is 46.6 Å². The van der Waals surface area contributed by atoms with Gasteiger partial charge in [0.05, 0.1) is 22.1 Å². The molecule has 0 saturated carbocycles. The summed E-state index contributed by atoms with van der Waals surface area (Å²) >= 11 is 7.88. The van der Waals surface area contributed by atoms with Gasteiger partial charge in [-0.3, -0.25) is 9.59 Å². The third kappa shape index (κ3) is 6.12. The molecule has 2 aliphatic rings. The lowest BCUT2D eigenvalue weighted by atomic mass is 10.1. The number of amides is 1. The van der Waals surface area contributed by atoms with E-state index >= 15 is 0 Å². The first kappa shape index (κ1) is 24.3. The quantitative estimate of drug-likeness (QED) is 0.581. The highest BCUT2D eigenvalue weighted by Gasteiger charge is 2.25. The van der Waals surface area contributed by atoms with Crippen molar-refractivity contribution in [1.82, 2.24) is 5.32 Å². The Labute approximate surface area is 198 Å². The zero-order chi connectivity index (χ0) is 23.5. The Morgan fingerprint density at radius 1 is 1.25 bits per heavy atom. The predicted molar refractivity (Wildman–Crippen MR) is 131 cm³/mol. The molecule has 1 aliphatic heterocycles. The van der Waals surface area contributed by atoms with Crippen molar-refractivity contribution in [3.63, 3.8) is 0 Å². The molecule has 0 saturated heterocycles. The van der Waals surface area contributed by atoms with Gasteiger partial charge in [0, 0.05) is 23.0 Å². The van der Waals surface area contributed by atoms with Crippen LogP contribution in [0.5, 0.6) is 0 Å². The molecule has 8 heteroatoms. The van der Waals surface area contributed by atoms with Crippen molar-refractivity contribution < 1.29 is 14.3 Å². The molecule has 4 rings (SSSR count). The molecule has 1 amide bonds. The van der Waals surface area contributed by atoms with Crippen molar-refractivity contribution in [2.24, 2.45) is 5.73 Å². The summed E-state index contributed by atoms with van der Waals surface area (Å²) in [6.07, 6.45) is 3.79. The van der Waals surface area contributed by atoms with Crippen LogP contribution in [0.15, 0.2) is 29.8 Å². The van der Waals surface area contributed by atoms with Crippen LogP contribution in [0.25, 0.3) is 6.08 Å². The van der Waals surface area contributed by atoms with Gasteiger partial charge in [-0.25, -0.2) is 0 Å². The molecular formula is C24H30ClN3O3S. The first-order valence-electron chi connectivity index (χ1n) is 10.6. The normalized spacial score (nSPS) is 14.9. The number of hydrogen-bond donors (Lipinski definition) is 3. The maximum Gasteiger partial charge on any atom is 0.320 e. The standard InChI is InChI=1S/C18H17ClN2OS.C6H13NO2/c1-10-16(19)17-15(23-10)8-13(9-20-17)18(22)21-14-6-11-4-2-3-5-12(11)7-14;1-6(2,3)9-5(8)4-7/h2-5,8,14,20H,6-7,9H2,1H3,(H,21,22);4,7H2,1-3H3. The number of ether oxygens (including phenoxy) is 1. The molecule has 1 aromatic heterocycles. The number of benzene rings is 1. The summed E-state index contributed by atoms with van der Waals surface area (Å²) in [7, 11) is 0. The summed E-state index contributed by atoms with van der Waals surface area (Å²) in [6.45, 7) is 7.89. The van der Waals surface area contributed by atoms with Crippen LogP contribution >= 0.6 is 22.9 Å². The van der Waals surface area contributed by atoms with E-state index in [1.165, 1.54) is 11.1 Å². The number of hydrogen-bond acceptors (Lipinski definition) is 6. The van der Waals surface area contributed by atoms with Crippen molar-refractivity contribution in [2.45, 2.75) is 52.2 Å². The van der Waals surface area contributed by atoms with E-state index < -0.39 is 5.60 Å². The van der Waals surface area contributed by atoms with Gasteiger partial charge in [-0.15, -0.1) is 11.3 Å². The van der Waals surface area contributed by atoms with Gasteiger partial charge in [-0.05, 0) is 57.7 Å². The summed E-state index contributed by atoms with van der Waals surface area (Å²) in [5, 5.41) is 7.22.